The topological polar surface area (TPSA) is 102 Å². The van der Waals surface area contributed by atoms with Gasteiger partial charge in [0.1, 0.15) is 0 Å². The number of hydrogen-bond donors (Lipinski definition) is 2. The highest BCUT2D eigenvalue weighted by atomic mass is 16.6. The second-order valence-electron chi connectivity index (χ2n) is 5.15. The van der Waals surface area contributed by atoms with Gasteiger partial charge in [-0.3, -0.25) is 14.9 Å². The summed E-state index contributed by atoms with van der Waals surface area (Å²) in [5, 5.41) is 22.9. The van der Waals surface area contributed by atoms with Crippen molar-refractivity contribution in [1.29, 1.82) is 0 Å². The average Bonchev–Trinajstić information content (AvgIpc) is 2.88. The van der Waals surface area contributed by atoms with Crippen molar-refractivity contribution in [2.75, 3.05) is 13.2 Å². The SMILES string of the molecule is O=C(COc1ccccc1[N+](=O)[O-])NCC1CCC(O)C1. The van der Waals surface area contributed by atoms with Crippen molar-refractivity contribution in [2.24, 2.45) is 5.92 Å². The molecule has 0 aliphatic heterocycles. The molecule has 0 bridgehead atoms. The zero-order chi connectivity index (χ0) is 15.2. The summed E-state index contributed by atoms with van der Waals surface area (Å²) in [6.07, 6.45) is 2.10. The van der Waals surface area contributed by atoms with Crippen molar-refractivity contribution >= 4 is 11.6 Å². The second-order valence-corrected chi connectivity index (χ2v) is 5.15. The average molecular weight is 294 g/mol. The van der Waals surface area contributed by atoms with E-state index in [4.69, 9.17) is 4.74 Å². The Hall–Kier alpha value is -2.15. The first kappa shape index (κ1) is 15.2. The summed E-state index contributed by atoms with van der Waals surface area (Å²) < 4.78 is 5.19. The summed E-state index contributed by atoms with van der Waals surface area (Å²) in [6.45, 7) is 0.232. The molecular weight excluding hydrogens is 276 g/mol. The number of para-hydroxylation sites is 2. The lowest BCUT2D eigenvalue weighted by molar-refractivity contribution is -0.385. The molecule has 114 valence electrons. The first-order chi connectivity index (χ1) is 10.1. The lowest BCUT2D eigenvalue weighted by Crippen LogP contribution is -2.32. The Morgan fingerprint density at radius 1 is 1.43 bits per heavy atom. The highest BCUT2D eigenvalue weighted by molar-refractivity contribution is 5.77. The van der Waals surface area contributed by atoms with Gasteiger partial charge in [0.05, 0.1) is 11.0 Å². The molecule has 7 nitrogen and oxygen atoms in total. The number of aliphatic hydroxyl groups excluding tert-OH is 1. The van der Waals surface area contributed by atoms with Crippen molar-refractivity contribution in [3.63, 3.8) is 0 Å². The van der Waals surface area contributed by atoms with Gasteiger partial charge in [-0.1, -0.05) is 12.1 Å². The molecule has 2 N–H and O–H groups in total. The third-order valence-corrected chi connectivity index (χ3v) is 3.52. The summed E-state index contributed by atoms with van der Waals surface area (Å²) in [7, 11) is 0. The standard InChI is InChI=1S/C14H18N2O5/c17-11-6-5-10(7-11)8-15-14(18)9-21-13-4-2-1-3-12(13)16(19)20/h1-4,10-11,17H,5-9H2,(H,15,18). The Morgan fingerprint density at radius 3 is 2.86 bits per heavy atom. The van der Waals surface area contributed by atoms with Gasteiger partial charge in [0.2, 0.25) is 0 Å². The van der Waals surface area contributed by atoms with E-state index in [9.17, 15) is 20.0 Å². The number of amides is 1. The van der Waals surface area contributed by atoms with Gasteiger partial charge >= 0.3 is 5.69 Å². The largest absolute Gasteiger partial charge is 0.477 e. The van der Waals surface area contributed by atoms with E-state index in [0.717, 1.165) is 12.8 Å². The second kappa shape index (κ2) is 7.03. The quantitative estimate of drug-likeness (QED) is 0.607. The van der Waals surface area contributed by atoms with E-state index in [1.165, 1.54) is 18.2 Å². The van der Waals surface area contributed by atoms with Gasteiger partial charge in [0.25, 0.3) is 5.91 Å². The monoisotopic (exact) mass is 294 g/mol. The molecule has 7 heteroatoms. The van der Waals surface area contributed by atoms with Crippen molar-refractivity contribution in [1.82, 2.24) is 5.32 Å². The van der Waals surface area contributed by atoms with Crippen LogP contribution in [0.1, 0.15) is 19.3 Å². The summed E-state index contributed by atoms with van der Waals surface area (Å²) in [5.74, 6) is 0.0403. The van der Waals surface area contributed by atoms with Gasteiger partial charge in [-0.05, 0) is 31.2 Å². The van der Waals surface area contributed by atoms with E-state index >= 15 is 0 Å². The van der Waals surface area contributed by atoms with Crippen LogP contribution in [0.2, 0.25) is 0 Å². The molecule has 1 aromatic carbocycles. The number of nitro groups is 1. The molecule has 0 aromatic heterocycles. The molecule has 2 rings (SSSR count). The number of carbonyl (C=O) groups is 1. The molecule has 0 radical (unpaired) electrons. The van der Waals surface area contributed by atoms with E-state index in [2.05, 4.69) is 5.32 Å². The van der Waals surface area contributed by atoms with Crippen LogP contribution in [0.5, 0.6) is 5.75 Å². The fraction of sp³-hybridized carbons (Fsp3) is 0.500. The number of ether oxygens (including phenoxy) is 1. The lowest BCUT2D eigenvalue weighted by Gasteiger charge is -2.11. The molecule has 2 unspecified atom stereocenters. The normalized spacial score (nSPS) is 21.0. The molecule has 0 heterocycles. The molecule has 1 fully saturated rings. The number of nitrogens with one attached hydrogen (secondary N) is 1. The minimum absolute atomic E-state index is 0.0777. The molecule has 1 aliphatic rings. The van der Waals surface area contributed by atoms with Crippen LogP contribution >= 0.6 is 0 Å². The van der Waals surface area contributed by atoms with E-state index in [0.29, 0.717) is 13.0 Å². The van der Waals surface area contributed by atoms with E-state index in [1.54, 1.807) is 6.07 Å². The maximum absolute atomic E-state index is 11.7. The minimum atomic E-state index is -0.548. The van der Waals surface area contributed by atoms with Gasteiger partial charge in [0, 0.05) is 12.6 Å². The van der Waals surface area contributed by atoms with Crippen LogP contribution < -0.4 is 10.1 Å². The Kier molecular flexibility index (Phi) is 5.10. The van der Waals surface area contributed by atoms with Crippen LogP contribution in [-0.2, 0) is 4.79 Å². The molecule has 0 spiro atoms. The highest BCUT2D eigenvalue weighted by Crippen LogP contribution is 2.26. The number of carbonyl (C=O) groups excluding carboxylic acids is 1. The Bertz CT molecular complexity index is 520. The Labute approximate surface area is 122 Å². The number of rotatable bonds is 6. The third kappa shape index (κ3) is 4.42. The number of nitrogens with zero attached hydrogens (tertiary/aromatic N) is 1. The Balaban J connectivity index is 1.77. The fourth-order valence-electron chi connectivity index (χ4n) is 2.42. The van der Waals surface area contributed by atoms with Crippen molar-refractivity contribution in [3.8, 4) is 5.75 Å². The smallest absolute Gasteiger partial charge is 0.310 e. The molecule has 1 amide bonds. The summed E-state index contributed by atoms with van der Waals surface area (Å²) >= 11 is 0. The zero-order valence-corrected chi connectivity index (χ0v) is 11.5. The van der Waals surface area contributed by atoms with Gasteiger partial charge < -0.3 is 15.2 Å². The van der Waals surface area contributed by atoms with Gasteiger partial charge in [-0.2, -0.15) is 0 Å². The zero-order valence-electron chi connectivity index (χ0n) is 11.5. The van der Waals surface area contributed by atoms with E-state index in [-0.39, 0.29) is 36.0 Å². The van der Waals surface area contributed by atoms with Crippen molar-refractivity contribution in [3.05, 3.63) is 34.4 Å². The predicted octanol–water partition coefficient (Wildman–Crippen LogP) is 1.25. The predicted molar refractivity (Wildman–Crippen MR) is 74.9 cm³/mol. The van der Waals surface area contributed by atoms with Crippen LogP contribution in [-0.4, -0.2) is 35.2 Å². The molecule has 1 saturated carbocycles. The molecule has 2 atom stereocenters. The van der Waals surface area contributed by atoms with Crippen LogP contribution in [0.15, 0.2) is 24.3 Å². The van der Waals surface area contributed by atoms with Gasteiger partial charge in [-0.15, -0.1) is 0 Å². The molecule has 1 aliphatic carbocycles. The number of aliphatic hydroxyl groups is 1. The lowest BCUT2D eigenvalue weighted by atomic mass is 10.1. The Morgan fingerprint density at radius 2 is 2.19 bits per heavy atom. The number of benzene rings is 1. The van der Waals surface area contributed by atoms with Crippen LogP contribution in [0, 0.1) is 16.0 Å². The summed E-state index contributed by atoms with van der Waals surface area (Å²) in [5.41, 5.74) is -0.163. The minimum Gasteiger partial charge on any atom is -0.477 e. The van der Waals surface area contributed by atoms with Crippen molar-refractivity contribution < 1.29 is 19.6 Å². The maximum atomic E-state index is 11.7. The first-order valence-corrected chi connectivity index (χ1v) is 6.87. The maximum Gasteiger partial charge on any atom is 0.310 e. The van der Waals surface area contributed by atoms with Crippen molar-refractivity contribution in [2.45, 2.75) is 25.4 Å². The van der Waals surface area contributed by atoms with E-state index in [1.807, 2.05) is 0 Å². The highest BCUT2D eigenvalue weighted by Gasteiger charge is 2.23. The molecular formula is C14H18N2O5. The molecule has 21 heavy (non-hydrogen) atoms. The summed E-state index contributed by atoms with van der Waals surface area (Å²) in [4.78, 5) is 21.9. The van der Waals surface area contributed by atoms with Crippen LogP contribution in [0.4, 0.5) is 5.69 Å². The fourth-order valence-corrected chi connectivity index (χ4v) is 2.42. The first-order valence-electron chi connectivity index (χ1n) is 6.87. The third-order valence-electron chi connectivity index (χ3n) is 3.52. The van der Waals surface area contributed by atoms with Gasteiger partial charge in [0.15, 0.2) is 12.4 Å². The molecule has 0 saturated heterocycles. The number of hydrogen-bond acceptors (Lipinski definition) is 5. The molecule has 1 aromatic rings. The van der Waals surface area contributed by atoms with Gasteiger partial charge in [-0.25, -0.2) is 0 Å². The van der Waals surface area contributed by atoms with E-state index < -0.39 is 4.92 Å². The van der Waals surface area contributed by atoms with Crippen LogP contribution in [0.25, 0.3) is 0 Å². The summed E-state index contributed by atoms with van der Waals surface area (Å²) in [6, 6.07) is 5.93. The number of nitro benzene ring substituents is 1. The van der Waals surface area contributed by atoms with Crippen LogP contribution in [0.3, 0.4) is 0 Å².